The van der Waals surface area contributed by atoms with Crippen molar-refractivity contribution in [1.82, 2.24) is 0 Å². The molecule has 0 unspecified atom stereocenters. The Labute approximate surface area is 141 Å². The molecule has 1 saturated heterocycles. The third-order valence-corrected chi connectivity index (χ3v) is 5.09. The predicted octanol–water partition coefficient (Wildman–Crippen LogP) is 4.70. The fourth-order valence-electron chi connectivity index (χ4n) is 4.00. The van der Waals surface area contributed by atoms with E-state index in [4.69, 9.17) is 9.47 Å². The normalized spacial score (nSPS) is 20.6. The van der Waals surface area contributed by atoms with E-state index in [1.807, 2.05) is 6.07 Å². The van der Waals surface area contributed by atoms with E-state index in [9.17, 15) is 0 Å². The van der Waals surface area contributed by atoms with Crippen LogP contribution in [0.3, 0.4) is 0 Å². The summed E-state index contributed by atoms with van der Waals surface area (Å²) in [5, 5.41) is 0. The minimum atomic E-state index is -0.579. The Morgan fingerprint density at radius 3 is 2.04 bits per heavy atom. The van der Waals surface area contributed by atoms with Crippen LogP contribution in [0.5, 0.6) is 0 Å². The van der Waals surface area contributed by atoms with Crippen LogP contribution in [0.4, 0.5) is 0 Å². The van der Waals surface area contributed by atoms with Crippen molar-refractivity contribution in [3.05, 3.63) is 95.6 Å². The summed E-state index contributed by atoms with van der Waals surface area (Å²) >= 11 is 0. The number of rotatable bonds is 2. The molecule has 0 bridgehead atoms. The van der Waals surface area contributed by atoms with Crippen LogP contribution in [0.15, 0.2) is 78.9 Å². The first kappa shape index (κ1) is 14.0. The molecule has 0 radical (unpaired) electrons. The lowest BCUT2D eigenvalue weighted by Gasteiger charge is -2.46. The summed E-state index contributed by atoms with van der Waals surface area (Å²) in [6, 6.07) is 27.7. The van der Waals surface area contributed by atoms with Crippen LogP contribution < -0.4 is 0 Å². The van der Waals surface area contributed by atoms with Crippen LogP contribution in [0.1, 0.15) is 22.6 Å². The van der Waals surface area contributed by atoms with Crippen LogP contribution >= 0.6 is 0 Å². The molecule has 2 aliphatic rings. The van der Waals surface area contributed by atoms with Gasteiger partial charge < -0.3 is 9.47 Å². The first-order chi connectivity index (χ1) is 11.9. The first-order valence-corrected chi connectivity index (χ1v) is 8.41. The summed E-state index contributed by atoms with van der Waals surface area (Å²) in [5.74, 6) is -0.425. The molecule has 3 aromatic carbocycles. The van der Waals surface area contributed by atoms with Gasteiger partial charge in [-0.05, 0) is 22.3 Å². The highest BCUT2D eigenvalue weighted by molar-refractivity contribution is 5.64. The fraction of sp³-hybridized carbons (Fsp3) is 0.182. The highest BCUT2D eigenvalue weighted by Gasteiger charge is 2.56. The Morgan fingerprint density at radius 1 is 0.667 bits per heavy atom. The number of ether oxygens (including phenoxy) is 2. The van der Waals surface area contributed by atoms with Gasteiger partial charge in [0.15, 0.2) is 0 Å². The average Bonchev–Trinajstić information content (AvgIpc) is 3.15. The van der Waals surface area contributed by atoms with Crippen LogP contribution in [0.25, 0.3) is 11.1 Å². The largest absolute Gasteiger partial charge is 0.343 e. The molecule has 118 valence electrons. The maximum Gasteiger partial charge on any atom is 0.206 e. The van der Waals surface area contributed by atoms with Crippen LogP contribution in [-0.4, -0.2) is 13.2 Å². The van der Waals surface area contributed by atoms with Gasteiger partial charge in [0.1, 0.15) is 0 Å². The molecule has 1 heterocycles. The van der Waals surface area contributed by atoms with Crippen molar-refractivity contribution in [1.29, 1.82) is 0 Å². The Bertz CT molecular complexity index is 862. The lowest BCUT2D eigenvalue weighted by atomic mass is 9.68. The number of hydrogen-bond acceptors (Lipinski definition) is 2. The standard InChI is InChI=1S/C22H18O2/c1-2-6-16(7-3-1)17-10-12-18(13-11-17)21-19-8-4-5-9-20(19)22(21)23-14-15-24-22/h1-13,21H,14-15H2/t21-/m1/s1. The zero-order valence-electron chi connectivity index (χ0n) is 13.3. The summed E-state index contributed by atoms with van der Waals surface area (Å²) in [5.41, 5.74) is 6.21. The minimum Gasteiger partial charge on any atom is -0.343 e. The molecule has 1 aliphatic heterocycles. The molecule has 1 fully saturated rings. The number of hydrogen-bond donors (Lipinski definition) is 0. The highest BCUT2D eigenvalue weighted by Crippen LogP contribution is 2.57. The van der Waals surface area contributed by atoms with Gasteiger partial charge in [-0.15, -0.1) is 0 Å². The molecule has 1 atom stereocenters. The topological polar surface area (TPSA) is 18.5 Å². The van der Waals surface area contributed by atoms with Gasteiger partial charge in [-0.2, -0.15) is 0 Å². The van der Waals surface area contributed by atoms with Crippen molar-refractivity contribution >= 4 is 0 Å². The lowest BCUT2D eigenvalue weighted by Crippen LogP contribution is -2.45. The molecule has 3 aromatic rings. The molecule has 2 heteroatoms. The van der Waals surface area contributed by atoms with Gasteiger partial charge in [0.25, 0.3) is 0 Å². The van der Waals surface area contributed by atoms with E-state index in [-0.39, 0.29) is 5.92 Å². The van der Waals surface area contributed by atoms with Gasteiger partial charge in [-0.1, -0.05) is 78.9 Å². The molecule has 1 spiro atoms. The SMILES string of the molecule is c1ccc(-c2ccc([C@@H]3c4ccccc4C34OCCO4)cc2)cc1. The number of fused-ring (bicyclic) bond motifs is 2. The van der Waals surface area contributed by atoms with E-state index in [2.05, 4.69) is 72.8 Å². The summed E-state index contributed by atoms with van der Waals surface area (Å²) in [6.07, 6.45) is 0. The van der Waals surface area contributed by atoms with Gasteiger partial charge in [0.05, 0.1) is 19.1 Å². The Kier molecular flexibility index (Phi) is 3.09. The Balaban J connectivity index is 1.55. The molecule has 1 aliphatic carbocycles. The average molecular weight is 314 g/mol. The van der Waals surface area contributed by atoms with E-state index < -0.39 is 5.79 Å². The fourth-order valence-corrected chi connectivity index (χ4v) is 4.00. The molecule has 0 aromatic heterocycles. The third kappa shape index (κ3) is 1.90. The quantitative estimate of drug-likeness (QED) is 0.682. The second-order valence-electron chi connectivity index (χ2n) is 6.37. The second-order valence-corrected chi connectivity index (χ2v) is 6.37. The molecular formula is C22H18O2. The van der Waals surface area contributed by atoms with E-state index >= 15 is 0 Å². The molecule has 5 rings (SSSR count). The number of benzene rings is 3. The maximum absolute atomic E-state index is 6.06. The molecule has 2 nitrogen and oxygen atoms in total. The second kappa shape index (κ2) is 5.30. The van der Waals surface area contributed by atoms with Gasteiger partial charge in [-0.3, -0.25) is 0 Å². The summed E-state index contributed by atoms with van der Waals surface area (Å²) < 4.78 is 12.1. The lowest BCUT2D eigenvalue weighted by molar-refractivity contribution is -0.196. The molecular weight excluding hydrogens is 296 g/mol. The summed E-state index contributed by atoms with van der Waals surface area (Å²) in [4.78, 5) is 0. The molecule has 0 saturated carbocycles. The predicted molar refractivity (Wildman–Crippen MR) is 93.7 cm³/mol. The highest BCUT2D eigenvalue weighted by atomic mass is 16.7. The van der Waals surface area contributed by atoms with Gasteiger partial charge in [-0.25, -0.2) is 0 Å². The molecule has 0 amide bonds. The van der Waals surface area contributed by atoms with E-state index in [0.29, 0.717) is 13.2 Å². The van der Waals surface area contributed by atoms with Crippen molar-refractivity contribution in [2.75, 3.05) is 13.2 Å². The van der Waals surface area contributed by atoms with Crippen LogP contribution in [0, 0.1) is 0 Å². The van der Waals surface area contributed by atoms with E-state index in [1.165, 1.54) is 27.8 Å². The summed E-state index contributed by atoms with van der Waals surface area (Å²) in [6.45, 7) is 1.32. The third-order valence-electron chi connectivity index (χ3n) is 5.09. The van der Waals surface area contributed by atoms with E-state index in [1.54, 1.807) is 0 Å². The van der Waals surface area contributed by atoms with Crippen molar-refractivity contribution in [3.8, 4) is 11.1 Å². The zero-order valence-corrected chi connectivity index (χ0v) is 13.3. The van der Waals surface area contributed by atoms with Crippen molar-refractivity contribution in [3.63, 3.8) is 0 Å². The molecule has 0 N–H and O–H groups in total. The molecule has 24 heavy (non-hydrogen) atoms. The monoisotopic (exact) mass is 314 g/mol. The smallest absolute Gasteiger partial charge is 0.206 e. The van der Waals surface area contributed by atoms with Crippen molar-refractivity contribution < 1.29 is 9.47 Å². The van der Waals surface area contributed by atoms with Crippen molar-refractivity contribution in [2.45, 2.75) is 11.7 Å². The van der Waals surface area contributed by atoms with Crippen LogP contribution in [0.2, 0.25) is 0 Å². The van der Waals surface area contributed by atoms with Crippen LogP contribution in [-0.2, 0) is 15.3 Å². The van der Waals surface area contributed by atoms with Gasteiger partial charge in [0.2, 0.25) is 5.79 Å². The Morgan fingerprint density at radius 2 is 1.29 bits per heavy atom. The van der Waals surface area contributed by atoms with Gasteiger partial charge >= 0.3 is 0 Å². The van der Waals surface area contributed by atoms with E-state index in [0.717, 1.165) is 0 Å². The first-order valence-electron chi connectivity index (χ1n) is 8.41. The minimum absolute atomic E-state index is 0.154. The van der Waals surface area contributed by atoms with Crippen molar-refractivity contribution in [2.24, 2.45) is 0 Å². The zero-order chi connectivity index (χ0) is 16.0. The summed E-state index contributed by atoms with van der Waals surface area (Å²) in [7, 11) is 0. The van der Waals surface area contributed by atoms with Gasteiger partial charge in [0, 0.05) is 5.56 Å². The maximum atomic E-state index is 6.06. The Hall–Kier alpha value is -2.42.